The first-order valence-corrected chi connectivity index (χ1v) is 15.2. The number of benzene rings is 3. The minimum Gasteiger partial charge on any atom is -0.367 e. The second-order valence-electron chi connectivity index (χ2n) is 9.01. The molecule has 0 saturated heterocycles. The van der Waals surface area contributed by atoms with Gasteiger partial charge in [0, 0.05) is 25.2 Å². The fraction of sp³-hybridized carbons (Fsp3) is 0.167. The zero-order valence-electron chi connectivity index (χ0n) is 21.6. The van der Waals surface area contributed by atoms with Crippen LogP contribution in [0.4, 0.5) is 5.69 Å². The van der Waals surface area contributed by atoms with Gasteiger partial charge >= 0.3 is 0 Å². The van der Waals surface area contributed by atoms with Gasteiger partial charge in [0.25, 0.3) is 20.2 Å². The minimum absolute atomic E-state index is 0.141. The van der Waals surface area contributed by atoms with Crippen LogP contribution >= 0.6 is 0 Å². The average molecular weight is 564 g/mol. The molecule has 2 N–H and O–H groups in total. The maximum atomic E-state index is 11.6. The van der Waals surface area contributed by atoms with E-state index in [9.17, 15) is 25.9 Å². The highest BCUT2D eigenvalue weighted by molar-refractivity contribution is 7.86. The third-order valence-corrected chi connectivity index (χ3v) is 8.16. The summed E-state index contributed by atoms with van der Waals surface area (Å²) in [7, 11) is -8.59. The summed E-state index contributed by atoms with van der Waals surface area (Å²) in [6.45, 7) is 5.16. The van der Waals surface area contributed by atoms with Crippen molar-refractivity contribution in [2.45, 2.75) is 36.6 Å². The highest BCUT2D eigenvalue weighted by Crippen LogP contribution is 2.33. The molecule has 1 aliphatic carbocycles. The zero-order valence-corrected chi connectivity index (χ0v) is 23.2. The lowest BCUT2D eigenvalue weighted by Gasteiger charge is -2.24. The largest absolute Gasteiger partial charge is 0.367 e. The van der Waals surface area contributed by atoms with Gasteiger partial charge in [-0.05, 0) is 77.6 Å². The summed E-state index contributed by atoms with van der Waals surface area (Å²) < 4.78 is 65.0. The van der Waals surface area contributed by atoms with Gasteiger partial charge in [0.1, 0.15) is 0 Å². The van der Waals surface area contributed by atoms with Gasteiger partial charge in [-0.2, -0.15) is 16.8 Å². The number of anilines is 1. The van der Waals surface area contributed by atoms with Crippen molar-refractivity contribution < 1.29 is 25.9 Å². The molecule has 0 unspecified atom stereocenters. The highest BCUT2D eigenvalue weighted by atomic mass is 32.2. The highest BCUT2D eigenvalue weighted by Gasteiger charge is 2.16. The zero-order chi connectivity index (χ0) is 28.2. The molecule has 0 atom stereocenters. The molecule has 3 aromatic carbocycles. The van der Waals surface area contributed by atoms with Crippen molar-refractivity contribution in [1.29, 1.82) is 0 Å². The molecule has 0 spiro atoms. The maximum absolute atomic E-state index is 11.6. The number of rotatable bonds is 9. The van der Waals surface area contributed by atoms with Crippen LogP contribution in [-0.2, 0) is 26.8 Å². The summed E-state index contributed by atoms with van der Waals surface area (Å²) in [5, 5.41) is 0. The van der Waals surface area contributed by atoms with E-state index < -0.39 is 20.2 Å². The van der Waals surface area contributed by atoms with E-state index in [-0.39, 0.29) is 9.79 Å². The van der Waals surface area contributed by atoms with Crippen LogP contribution in [0.25, 0.3) is 5.57 Å². The summed E-state index contributed by atoms with van der Waals surface area (Å²) >= 11 is 0. The Bertz CT molecular complexity index is 1650. The molecular formula is C30H29NO6S2. The molecule has 9 heteroatoms. The van der Waals surface area contributed by atoms with E-state index in [1.165, 1.54) is 24.3 Å². The van der Waals surface area contributed by atoms with Crippen LogP contribution in [0.2, 0.25) is 0 Å². The van der Waals surface area contributed by atoms with Crippen LogP contribution in [0, 0.1) is 6.42 Å². The van der Waals surface area contributed by atoms with E-state index >= 15 is 0 Å². The van der Waals surface area contributed by atoms with E-state index in [1.807, 2.05) is 49.4 Å². The Balaban J connectivity index is 1.71. The second-order valence-corrected chi connectivity index (χ2v) is 11.9. The van der Waals surface area contributed by atoms with Crippen LogP contribution in [0.1, 0.15) is 37.0 Å². The Labute approximate surface area is 230 Å². The van der Waals surface area contributed by atoms with Gasteiger partial charge < -0.3 is 4.90 Å². The van der Waals surface area contributed by atoms with E-state index in [2.05, 4.69) is 24.3 Å². The fourth-order valence-corrected chi connectivity index (χ4v) is 5.45. The van der Waals surface area contributed by atoms with Crippen LogP contribution in [0.3, 0.4) is 0 Å². The molecule has 0 saturated carbocycles. The summed E-state index contributed by atoms with van der Waals surface area (Å²) in [4.78, 5) is 1.77. The number of allylic oxidation sites excluding steroid dienone is 5. The molecule has 39 heavy (non-hydrogen) atoms. The summed E-state index contributed by atoms with van der Waals surface area (Å²) in [6, 6.07) is 20.3. The maximum Gasteiger partial charge on any atom is 0.294 e. The Morgan fingerprint density at radius 2 is 1.44 bits per heavy atom. The van der Waals surface area contributed by atoms with Gasteiger partial charge in [0.15, 0.2) is 0 Å². The van der Waals surface area contributed by atoms with E-state index in [0.717, 1.165) is 45.5 Å². The van der Waals surface area contributed by atoms with E-state index in [0.29, 0.717) is 13.1 Å². The van der Waals surface area contributed by atoms with Crippen LogP contribution in [-0.4, -0.2) is 32.5 Å². The first-order chi connectivity index (χ1) is 18.5. The molecule has 0 heterocycles. The summed E-state index contributed by atoms with van der Waals surface area (Å²) in [5.74, 6) is 0. The smallest absolute Gasteiger partial charge is 0.294 e. The molecule has 3 aromatic rings. The second kappa shape index (κ2) is 11.7. The van der Waals surface area contributed by atoms with Crippen LogP contribution < -0.4 is 4.90 Å². The topological polar surface area (TPSA) is 112 Å². The van der Waals surface area contributed by atoms with Crippen LogP contribution in [0.5, 0.6) is 0 Å². The molecular weight excluding hydrogens is 534 g/mol. The van der Waals surface area contributed by atoms with Crippen molar-refractivity contribution in [1.82, 2.24) is 0 Å². The minimum atomic E-state index is -4.31. The molecule has 0 aromatic heterocycles. The SMILES string of the molecule is CCC1=CC(=C(c2ccc(N(CC)Cc3cccc(S(=O)(=O)O)c3)cc2)c2ccc(S(=O)(=O)O)cc2)C=C[C]1. The van der Waals surface area contributed by atoms with Crippen molar-refractivity contribution in [3.8, 4) is 0 Å². The number of hydrogen-bond acceptors (Lipinski definition) is 5. The van der Waals surface area contributed by atoms with E-state index in [4.69, 9.17) is 0 Å². The van der Waals surface area contributed by atoms with Gasteiger partial charge in [-0.15, -0.1) is 0 Å². The number of nitrogens with zero attached hydrogens (tertiary/aromatic N) is 1. The van der Waals surface area contributed by atoms with Gasteiger partial charge in [0.05, 0.1) is 9.79 Å². The monoisotopic (exact) mass is 563 g/mol. The molecule has 2 radical (unpaired) electrons. The van der Waals surface area contributed by atoms with Crippen LogP contribution in [0.15, 0.2) is 112 Å². The summed E-state index contributed by atoms with van der Waals surface area (Å²) in [6.07, 6.45) is 9.92. The Hall–Kier alpha value is -3.50. The Kier molecular flexibility index (Phi) is 8.56. The van der Waals surface area contributed by atoms with Gasteiger partial charge in [0.2, 0.25) is 0 Å². The number of hydrogen-bond donors (Lipinski definition) is 2. The van der Waals surface area contributed by atoms with Gasteiger partial charge in [-0.1, -0.05) is 67.1 Å². The molecule has 1 aliphatic rings. The van der Waals surface area contributed by atoms with Crippen molar-refractivity contribution in [3.05, 3.63) is 125 Å². The quantitative estimate of drug-likeness (QED) is 0.307. The van der Waals surface area contributed by atoms with Crippen molar-refractivity contribution in [2.75, 3.05) is 11.4 Å². The third-order valence-electron chi connectivity index (χ3n) is 6.44. The predicted molar refractivity (Wildman–Crippen MR) is 152 cm³/mol. The molecule has 0 aliphatic heterocycles. The third kappa shape index (κ3) is 6.93. The van der Waals surface area contributed by atoms with Crippen molar-refractivity contribution >= 4 is 31.5 Å². The lowest BCUT2D eigenvalue weighted by atomic mass is 9.89. The van der Waals surface area contributed by atoms with Gasteiger partial charge in [-0.25, -0.2) is 0 Å². The fourth-order valence-electron chi connectivity index (χ4n) is 4.42. The first kappa shape index (κ1) is 28.5. The predicted octanol–water partition coefficient (Wildman–Crippen LogP) is 6.00. The molecule has 7 nitrogen and oxygen atoms in total. The first-order valence-electron chi connectivity index (χ1n) is 12.4. The standard InChI is InChI=1S/C30H29NO6S2/c1-3-22-7-5-9-26(19-22)30(25-13-17-28(18-14-25)38(32,33)34)24-11-15-27(16-12-24)31(4-2)21-23-8-6-10-29(20-23)39(35,36)37/h5-6,8-20H,3-4,21H2,1-2H3,(H,32,33,34)(H,35,36,37). The van der Waals surface area contributed by atoms with Crippen molar-refractivity contribution in [2.24, 2.45) is 0 Å². The molecule has 4 rings (SSSR count). The lowest BCUT2D eigenvalue weighted by Crippen LogP contribution is -2.22. The lowest BCUT2D eigenvalue weighted by molar-refractivity contribution is 0.481. The Morgan fingerprint density at radius 3 is 2.00 bits per heavy atom. The molecule has 202 valence electrons. The normalized spacial score (nSPS) is 15.1. The molecule has 0 amide bonds. The van der Waals surface area contributed by atoms with E-state index in [1.54, 1.807) is 18.2 Å². The average Bonchev–Trinajstić information content (AvgIpc) is 2.92. The van der Waals surface area contributed by atoms with Gasteiger partial charge in [-0.3, -0.25) is 9.11 Å². The Morgan fingerprint density at radius 1 is 0.821 bits per heavy atom. The summed E-state index contributed by atoms with van der Waals surface area (Å²) in [5.41, 5.74) is 6.27. The van der Waals surface area contributed by atoms with Crippen molar-refractivity contribution in [3.63, 3.8) is 0 Å². The molecule has 0 bridgehead atoms. The molecule has 0 fully saturated rings.